The number of thioether (sulfide) groups is 1. The van der Waals surface area contributed by atoms with Crippen LogP contribution in [0.4, 0.5) is 0 Å². The molecule has 1 saturated heterocycles. The van der Waals surface area contributed by atoms with E-state index in [-0.39, 0.29) is 0 Å². The van der Waals surface area contributed by atoms with Crippen molar-refractivity contribution in [3.05, 3.63) is 42.0 Å². The Morgan fingerprint density at radius 2 is 2.00 bits per heavy atom. The van der Waals surface area contributed by atoms with Gasteiger partial charge in [-0.25, -0.2) is 0 Å². The van der Waals surface area contributed by atoms with E-state index in [1.54, 1.807) is 11.8 Å². The topological polar surface area (TPSA) is 54.2 Å². The second-order valence-electron chi connectivity index (χ2n) is 4.73. The average molecular weight is 290 g/mol. The molecule has 20 heavy (non-hydrogen) atoms. The monoisotopic (exact) mass is 290 g/mol. The third-order valence-electron chi connectivity index (χ3n) is 3.19. The highest BCUT2D eigenvalue weighted by molar-refractivity contribution is 7.98. The number of aromatic nitrogens is 2. The zero-order valence-corrected chi connectivity index (χ0v) is 12.1. The molecule has 0 bridgehead atoms. The second kappa shape index (κ2) is 6.88. The number of rotatable bonds is 5. The molecule has 1 N–H and O–H groups in total. The molecule has 1 aliphatic heterocycles. The first kappa shape index (κ1) is 13.6. The summed E-state index contributed by atoms with van der Waals surface area (Å²) in [5.74, 6) is 2.21. The molecule has 1 fully saturated rings. The van der Waals surface area contributed by atoms with Crippen LogP contribution in [0.2, 0.25) is 0 Å². The fourth-order valence-electron chi connectivity index (χ4n) is 2.14. The van der Waals surface area contributed by atoms with Crippen LogP contribution in [0.15, 0.2) is 39.8 Å². The highest BCUT2D eigenvalue weighted by Gasteiger charge is 2.14. The molecule has 1 aromatic heterocycles. The zero-order valence-electron chi connectivity index (χ0n) is 11.3. The number of benzene rings is 1. The Kier molecular flexibility index (Phi) is 4.68. The van der Waals surface area contributed by atoms with E-state index >= 15 is 0 Å². The Morgan fingerprint density at radius 1 is 1.20 bits per heavy atom. The summed E-state index contributed by atoms with van der Waals surface area (Å²) in [5.41, 5.74) is 0. The van der Waals surface area contributed by atoms with Crippen molar-refractivity contribution in [2.75, 3.05) is 26.2 Å². The van der Waals surface area contributed by atoms with Crippen molar-refractivity contribution in [3.8, 4) is 0 Å². The minimum Gasteiger partial charge on any atom is -0.338 e. The van der Waals surface area contributed by atoms with Crippen LogP contribution in [-0.4, -0.2) is 41.2 Å². The lowest BCUT2D eigenvalue weighted by Gasteiger charge is -2.25. The van der Waals surface area contributed by atoms with Gasteiger partial charge in [0, 0.05) is 31.1 Å². The molecule has 0 spiro atoms. The van der Waals surface area contributed by atoms with Gasteiger partial charge in [-0.15, -0.1) is 11.8 Å². The fraction of sp³-hybridized carbons (Fsp3) is 0.429. The highest BCUT2D eigenvalue weighted by Crippen LogP contribution is 2.21. The van der Waals surface area contributed by atoms with Crippen LogP contribution < -0.4 is 5.32 Å². The molecule has 0 unspecified atom stereocenters. The Morgan fingerprint density at radius 3 is 2.80 bits per heavy atom. The van der Waals surface area contributed by atoms with Crippen molar-refractivity contribution >= 4 is 11.8 Å². The lowest BCUT2D eigenvalue weighted by Crippen LogP contribution is -2.43. The van der Waals surface area contributed by atoms with E-state index in [4.69, 9.17) is 4.52 Å². The van der Waals surface area contributed by atoms with Gasteiger partial charge < -0.3 is 9.84 Å². The SMILES string of the molecule is c1ccc(SCc2nc(CN3CCNCC3)no2)cc1. The van der Waals surface area contributed by atoms with E-state index in [2.05, 4.69) is 32.5 Å². The van der Waals surface area contributed by atoms with Gasteiger partial charge in [0.05, 0.1) is 12.3 Å². The van der Waals surface area contributed by atoms with Gasteiger partial charge in [-0.05, 0) is 12.1 Å². The Bertz CT molecular complexity index is 525. The van der Waals surface area contributed by atoms with Gasteiger partial charge in [0.25, 0.3) is 0 Å². The molecule has 3 rings (SSSR count). The second-order valence-corrected chi connectivity index (χ2v) is 5.78. The number of nitrogens with zero attached hydrogens (tertiary/aromatic N) is 3. The Hall–Kier alpha value is -1.37. The predicted octanol–water partition coefficient (Wildman–Crippen LogP) is 1.77. The lowest BCUT2D eigenvalue weighted by atomic mass is 10.3. The largest absolute Gasteiger partial charge is 0.338 e. The zero-order chi connectivity index (χ0) is 13.6. The first-order chi connectivity index (χ1) is 9.90. The first-order valence-electron chi connectivity index (χ1n) is 6.82. The van der Waals surface area contributed by atoms with Crippen molar-refractivity contribution in [3.63, 3.8) is 0 Å². The van der Waals surface area contributed by atoms with Gasteiger partial charge in [-0.1, -0.05) is 23.4 Å². The fourth-order valence-corrected chi connectivity index (χ4v) is 2.90. The number of hydrogen-bond acceptors (Lipinski definition) is 6. The predicted molar refractivity (Wildman–Crippen MR) is 78.4 cm³/mol. The van der Waals surface area contributed by atoms with E-state index in [1.165, 1.54) is 4.90 Å². The molecule has 2 aromatic rings. The maximum atomic E-state index is 5.30. The van der Waals surface area contributed by atoms with E-state index < -0.39 is 0 Å². The molecule has 0 saturated carbocycles. The van der Waals surface area contributed by atoms with Gasteiger partial charge in [-0.3, -0.25) is 4.90 Å². The Balaban J connectivity index is 1.51. The van der Waals surface area contributed by atoms with Gasteiger partial charge >= 0.3 is 0 Å². The normalized spacial score (nSPS) is 16.4. The quantitative estimate of drug-likeness (QED) is 0.847. The molecule has 1 aliphatic rings. The highest BCUT2D eigenvalue weighted by atomic mass is 32.2. The molecule has 106 valence electrons. The molecule has 2 heterocycles. The number of nitrogens with one attached hydrogen (secondary N) is 1. The average Bonchev–Trinajstić information content (AvgIpc) is 2.95. The molecule has 0 atom stereocenters. The summed E-state index contributed by atoms with van der Waals surface area (Å²) in [6.07, 6.45) is 0. The third kappa shape index (κ3) is 3.82. The molecular formula is C14H18N4OS. The van der Waals surface area contributed by atoms with Crippen LogP contribution in [0.5, 0.6) is 0 Å². The van der Waals surface area contributed by atoms with E-state index in [0.717, 1.165) is 44.3 Å². The minimum absolute atomic E-state index is 0.698. The summed E-state index contributed by atoms with van der Waals surface area (Å²) in [4.78, 5) is 8.02. The molecule has 1 aromatic carbocycles. The van der Waals surface area contributed by atoms with Gasteiger partial charge in [0.15, 0.2) is 5.82 Å². The minimum atomic E-state index is 0.698. The summed E-state index contributed by atoms with van der Waals surface area (Å²) >= 11 is 1.71. The van der Waals surface area contributed by atoms with Crippen molar-refractivity contribution in [2.45, 2.75) is 17.2 Å². The van der Waals surface area contributed by atoms with Crippen molar-refractivity contribution in [1.29, 1.82) is 0 Å². The lowest BCUT2D eigenvalue weighted by molar-refractivity contribution is 0.224. The summed E-state index contributed by atoms with van der Waals surface area (Å²) in [6.45, 7) is 4.94. The summed E-state index contributed by atoms with van der Waals surface area (Å²) in [7, 11) is 0. The number of piperazine rings is 1. The van der Waals surface area contributed by atoms with Gasteiger partial charge in [0.1, 0.15) is 0 Å². The third-order valence-corrected chi connectivity index (χ3v) is 4.19. The molecular weight excluding hydrogens is 272 g/mol. The van der Waals surface area contributed by atoms with Crippen LogP contribution in [-0.2, 0) is 12.3 Å². The maximum Gasteiger partial charge on any atom is 0.237 e. The van der Waals surface area contributed by atoms with Gasteiger partial charge in [-0.2, -0.15) is 4.98 Å². The van der Waals surface area contributed by atoms with E-state index in [9.17, 15) is 0 Å². The van der Waals surface area contributed by atoms with Crippen LogP contribution in [0.1, 0.15) is 11.7 Å². The van der Waals surface area contributed by atoms with Crippen molar-refractivity contribution in [2.24, 2.45) is 0 Å². The molecule has 6 heteroatoms. The summed E-state index contributed by atoms with van der Waals surface area (Å²) in [6, 6.07) is 10.3. The molecule has 0 radical (unpaired) electrons. The first-order valence-corrected chi connectivity index (χ1v) is 7.81. The van der Waals surface area contributed by atoms with Crippen molar-refractivity contribution < 1.29 is 4.52 Å². The standard InChI is InChI=1S/C14H18N4OS/c1-2-4-12(5-3-1)20-11-14-16-13(17-19-14)10-18-8-6-15-7-9-18/h1-5,15H,6-11H2. The number of hydrogen-bond donors (Lipinski definition) is 1. The molecule has 0 amide bonds. The molecule has 0 aliphatic carbocycles. The van der Waals surface area contributed by atoms with Crippen molar-refractivity contribution in [1.82, 2.24) is 20.4 Å². The van der Waals surface area contributed by atoms with Gasteiger partial charge in [0.2, 0.25) is 5.89 Å². The maximum absolute atomic E-state index is 5.30. The smallest absolute Gasteiger partial charge is 0.237 e. The van der Waals surface area contributed by atoms with Crippen LogP contribution in [0, 0.1) is 0 Å². The van der Waals surface area contributed by atoms with Crippen LogP contribution in [0.3, 0.4) is 0 Å². The van der Waals surface area contributed by atoms with E-state index in [0.29, 0.717) is 5.89 Å². The van der Waals surface area contributed by atoms with Crippen LogP contribution in [0.25, 0.3) is 0 Å². The van der Waals surface area contributed by atoms with E-state index in [1.807, 2.05) is 18.2 Å². The molecule has 5 nitrogen and oxygen atoms in total. The summed E-state index contributed by atoms with van der Waals surface area (Å²) < 4.78 is 5.30. The Labute approximate surface area is 122 Å². The summed E-state index contributed by atoms with van der Waals surface area (Å²) in [5, 5.41) is 7.40. The van der Waals surface area contributed by atoms with Crippen LogP contribution >= 0.6 is 11.8 Å².